The second-order valence-electron chi connectivity index (χ2n) is 2.40. The molecule has 0 saturated carbocycles. The first-order valence-electron chi connectivity index (χ1n) is 3.70. The highest BCUT2D eigenvalue weighted by Gasteiger charge is 2.02. The predicted molar refractivity (Wildman–Crippen MR) is 42.9 cm³/mol. The molecule has 0 amide bonds. The van der Waals surface area contributed by atoms with E-state index in [-0.39, 0.29) is 19.0 Å². The molecule has 6 heteroatoms. The van der Waals surface area contributed by atoms with Gasteiger partial charge < -0.3 is 11.3 Å². The molecule has 0 aliphatic rings. The molecule has 13 heavy (non-hydrogen) atoms. The van der Waals surface area contributed by atoms with E-state index in [0.29, 0.717) is 19.3 Å². The summed E-state index contributed by atoms with van der Waals surface area (Å²) in [4.78, 5) is 23.1. The summed E-state index contributed by atoms with van der Waals surface area (Å²) in [5.74, 6) is -1.76. The largest absolute Gasteiger partial charge is 0.481 e. The minimum absolute atomic E-state index is 0. The van der Waals surface area contributed by atoms with Crippen LogP contribution in [-0.2, 0) is 14.5 Å². The summed E-state index contributed by atoms with van der Waals surface area (Å²) >= 11 is 0. The van der Waals surface area contributed by atoms with Gasteiger partial charge in [-0.3, -0.25) is 9.74 Å². The number of carbonyl (C=O) groups excluding carboxylic acids is 1. The van der Waals surface area contributed by atoms with E-state index in [1.165, 1.54) is 0 Å². The third-order valence-corrected chi connectivity index (χ3v) is 1.36. The summed E-state index contributed by atoms with van der Waals surface area (Å²) < 4.78 is 11.1. The van der Waals surface area contributed by atoms with Gasteiger partial charge in [0.05, 0.1) is 0 Å². The van der Waals surface area contributed by atoms with E-state index in [2.05, 4.69) is 4.94 Å². The van der Waals surface area contributed by atoms with Crippen molar-refractivity contribution in [3.63, 3.8) is 0 Å². The fourth-order valence-corrected chi connectivity index (χ4v) is 0.761. The fourth-order valence-electron chi connectivity index (χ4n) is 0.761. The van der Waals surface area contributed by atoms with Crippen LogP contribution in [0.2, 0.25) is 0 Å². The normalized spacial score (nSPS) is 8.69. The number of halogens is 1. The molecule has 0 bridgehead atoms. The summed E-state index contributed by atoms with van der Waals surface area (Å²) in [6.07, 6.45) is 1.67. The number of carbonyl (C=O) groups is 2. The van der Waals surface area contributed by atoms with Crippen LogP contribution in [0.25, 0.3) is 0 Å². The van der Waals surface area contributed by atoms with Crippen LogP contribution >= 0.6 is 0 Å². The van der Waals surface area contributed by atoms with E-state index in [0.717, 1.165) is 0 Å². The summed E-state index contributed by atoms with van der Waals surface area (Å²) in [6.45, 7) is 0. The average Bonchev–Trinajstić information content (AvgIpc) is 2.03. The molecule has 0 radical (unpaired) electrons. The quantitative estimate of drug-likeness (QED) is 0.627. The zero-order valence-electron chi connectivity index (χ0n) is 7.29. The molecule has 4 N–H and O–H groups in total. The van der Waals surface area contributed by atoms with E-state index >= 15 is 0 Å². The van der Waals surface area contributed by atoms with E-state index in [1.54, 1.807) is 0 Å². The zero-order valence-corrected chi connectivity index (χ0v) is 7.29. The Labute approximate surface area is 75.4 Å². The lowest BCUT2D eigenvalue weighted by Gasteiger charge is -1.95. The molecule has 0 aliphatic heterocycles. The van der Waals surface area contributed by atoms with Gasteiger partial charge in [0.15, 0.2) is 0 Å². The lowest BCUT2D eigenvalue weighted by atomic mass is 10.1. The van der Waals surface area contributed by atoms with Crippen molar-refractivity contribution in [3.05, 3.63) is 0 Å². The van der Waals surface area contributed by atoms with E-state index in [1.807, 2.05) is 0 Å². The van der Waals surface area contributed by atoms with Crippen LogP contribution in [-0.4, -0.2) is 17.0 Å². The molecule has 0 aliphatic carbocycles. The number of rotatable bonds is 6. The maximum absolute atomic E-state index is 11.1. The summed E-state index contributed by atoms with van der Waals surface area (Å²) in [5.41, 5.74) is 0. The van der Waals surface area contributed by atoms with Crippen molar-refractivity contribution in [2.75, 3.05) is 0 Å². The molecule has 0 spiro atoms. The Kier molecular flexibility index (Phi) is 9.86. The second-order valence-corrected chi connectivity index (χ2v) is 2.40. The van der Waals surface area contributed by atoms with Gasteiger partial charge in [0, 0.05) is 17.4 Å². The topological polar surface area (TPSA) is 98.6 Å². The highest BCUT2D eigenvalue weighted by Crippen LogP contribution is 2.03. The van der Waals surface area contributed by atoms with Crippen molar-refractivity contribution in [3.8, 4) is 0 Å². The lowest BCUT2D eigenvalue weighted by Crippen LogP contribution is -1.98. The molecule has 0 atom stereocenters. The van der Waals surface area contributed by atoms with Crippen molar-refractivity contribution in [2.45, 2.75) is 32.1 Å². The summed E-state index contributed by atoms with van der Waals surface area (Å²) in [7, 11) is 0. The molecular weight excluding hydrogens is 181 g/mol. The second kappa shape index (κ2) is 8.92. The molecular formula is C7H14FNO4. The van der Waals surface area contributed by atoms with Gasteiger partial charge in [0.2, 0.25) is 0 Å². The van der Waals surface area contributed by atoms with Crippen molar-refractivity contribution < 1.29 is 24.2 Å². The van der Waals surface area contributed by atoms with Gasteiger partial charge >= 0.3 is 11.9 Å². The Morgan fingerprint density at radius 3 is 2.15 bits per heavy atom. The van der Waals surface area contributed by atoms with Crippen LogP contribution in [0.1, 0.15) is 32.1 Å². The van der Waals surface area contributed by atoms with Crippen LogP contribution in [0.5, 0.6) is 0 Å². The molecule has 5 nitrogen and oxygen atoms in total. The minimum Gasteiger partial charge on any atom is -0.481 e. The zero-order chi connectivity index (χ0) is 9.40. The number of carboxylic acids is 1. The first-order valence-corrected chi connectivity index (χ1v) is 3.70. The standard InChI is InChI=1S/C7H11FO4.H3N/c8-12-7(11)5-3-1-2-4-6(9)10;/h1-5H2,(H,9,10);1H3. The molecule has 0 heterocycles. The highest BCUT2D eigenvalue weighted by atomic mass is 19.3. The number of unbranched alkanes of at least 4 members (excludes halogenated alkanes) is 2. The highest BCUT2D eigenvalue weighted by molar-refractivity contribution is 5.68. The molecule has 0 aromatic carbocycles. The number of hydrogen-bond acceptors (Lipinski definition) is 4. The lowest BCUT2D eigenvalue weighted by molar-refractivity contribution is -0.183. The minimum atomic E-state index is -0.898. The van der Waals surface area contributed by atoms with Gasteiger partial charge in [-0.1, -0.05) is 6.42 Å². The van der Waals surface area contributed by atoms with Crippen LogP contribution in [0.15, 0.2) is 0 Å². The fraction of sp³-hybridized carbons (Fsp3) is 0.714. The molecule has 0 aromatic heterocycles. The molecule has 0 rings (SSSR count). The van der Waals surface area contributed by atoms with E-state index in [9.17, 15) is 14.1 Å². The molecule has 0 unspecified atom stereocenters. The Bertz CT molecular complexity index is 163. The van der Waals surface area contributed by atoms with Gasteiger partial charge in [-0.05, 0) is 12.8 Å². The summed E-state index contributed by atoms with van der Waals surface area (Å²) in [5, 5.41) is 8.22. The Hall–Kier alpha value is -1.17. The van der Waals surface area contributed by atoms with Crippen molar-refractivity contribution >= 4 is 11.9 Å². The van der Waals surface area contributed by atoms with Gasteiger partial charge in [-0.2, -0.15) is 0 Å². The molecule has 0 saturated heterocycles. The van der Waals surface area contributed by atoms with Gasteiger partial charge in [-0.15, -0.1) is 0 Å². The van der Waals surface area contributed by atoms with Crippen LogP contribution in [0, 0.1) is 0 Å². The van der Waals surface area contributed by atoms with Crippen LogP contribution in [0.4, 0.5) is 4.53 Å². The van der Waals surface area contributed by atoms with Gasteiger partial charge in [0.1, 0.15) is 0 Å². The van der Waals surface area contributed by atoms with Crippen molar-refractivity contribution in [2.24, 2.45) is 0 Å². The van der Waals surface area contributed by atoms with Gasteiger partial charge in [-0.25, -0.2) is 4.79 Å². The molecule has 78 valence electrons. The predicted octanol–water partition coefficient (Wildman–Crippen LogP) is 1.61. The third kappa shape index (κ3) is 10.8. The first-order chi connectivity index (χ1) is 5.66. The Morgan fingerprint density at radius 2 is 1.69 bits per heavy atom. The number of hydrogen-bond donors (Lipinski definition) is 2. The smallest absolute Gasteiger partial charge is 0.348 e. The van der Waals surface area contributed by atoms with Crippen molar-refractivity contribution in [1.29, 1.82) is 0 Å². The number of carboxylic acid groups (broad SMARTS) is 1. The van der Waals surface area contributed by atoms with Crippen LogP contribution in [0.3, 0.4) is 0 Å². The van der Waals surface area contributed by atoms with Crippen molar-refractivity contribution in [1.82, 2.24) is 6.15 Å². The SMILES string of the molecule is N.O=C(O)CCCCCC(=O)OF. The molecule has 0 aromatic rings. The summed E-state index contributed by atoms with van der Waals surface area (Å²) in [6, 6.07) is 0. The first kappa shape index (κ1) is 14.4. The third-order valence-electron chi connectivity index (χ3n) is 1.36. The maximum Gasteiger partial charge on any atom is 0.348 e. The molecule has 0 fully saturated rings. The monoisotopic (exact) mass is 195 g/mol. The van der Waals surface area contributed by atoms with Gasteiger partial charge in [0.25, 0.3) is 0 Å². The Balaban J connectivity index is 0. The van der Waals surface area contributed by atoms with E-state index in [4.69, 9.17) is 5.11 Å². The average molecular weight is 195 g/mol. The Morgan fingerprint density at radius 1 is 1.15 bits per heavy atom. The van der Waals surface area contributed by atoms with Crippen LogP contribution < -0.4 is 6.15 Å². The van der Waals surface area contributed by atoms with E-state index < -0.39 is 11.9 Å². The maximum atomic E-state index is 11.1. The number of aliphatic carboxylic acids is 1.